The Morgan fingerprint density at radius 3 is 2.68 bits per heavy atom. The van der Waals surface area contributed by atoms with Crippen LogP contribution in [0, 0.1) is 0 Å². The van der Waals surface area contributed by atoms with Gasteiger partial charge in [0.05, 0.1) is 6.61 Å². The molecule has 2 rings (SSSR count). The summed E-state index contributed by atoms with van der Waals surface area (Å²) >= 11 is 1.87. The normalized spacial score (nSPS) is 20.4. The molecular formula is C14H19NO3S. The molecule has 3 N–H and O–H groups in total. The maximum Gasteiger partial charge on any atom is 0.320 e. The van der Waals surface area contributed by atoms with Crippen molar-refractivity contribution in [2.24, 2.45) is 5.73 Å². The third kappa shape index (κ3) is 4.53. The largest absolute Gasteiger partial charge is 0.480 e. The van der Waals surface area contributed by atoms with E-state index in [9.17, 15) is 4.79 Å². The Morgan fingerprint density at radius 1 is 1.42 bits per heavy atom. The van der Waals surface area contributed by atoms with E-state index in [1.165, 1.54) is 5.56 Å². The van der Waals surface area contributed by atoms with Crippen LogP contribution in [0.25, 0.3) is 0 Å². The molecule has 0 saturated carbocycles. The number of hydrogen-bond donors (Lipinski definition) is 2. The van der Waals surface area contributed by atoms with Gasteiger partial charge in [0.25, 0.3) is 0 Å². The van der Waals surface area contributed by atoms with E-state index in [1.54, 1.807) is 0 Å². The minimum absolute atomic E-state index is 0.333. The van der Waals surface area contributed by atoms with Crippen LogP contribution in [-0.4, -0.2) is 34.9 Å². The minimum atomic E-state index is -0.959. The van der Waals surface area contributed by atoms with E-state index in [4.69, 9.17) is 15.6 Å². The van der Waals surface area contributed by atoms with Gasteiger partial charge in [0.1, 0.15) is 11.5 Å². The van der Waals surface area contributed by atoms with Crippen LogP contribution < -0.4 is 5.73 Å². The highest BCUT2D eigenvalue weighted by molar-refractivity contribution is 7.99. The molecule has 0 aliphatic carbocycles. The zero-order valence-corrected chi connectivity index (χ0v) is 11.6. The molecule has 0 aromatic heterocycles. The zero-order valence-electron chi connectivity index (χ0n) is 10.7. The predicted octanol–water partition coefficient (Wildman–Crippen LogP) is 1.66. The van der Waals surface area contributed by atoms with Crippen LogP contribution in [0.4, 0.5) is 0 Å². The maximum atomic E-state index is 10.7. The second-order valence-corrected chi connectivity index (χ2v) is 5.94. The van der Waals surface area contributed by atoms with Crippen LogP contribution in [0.5, 0.6) is 0 Å². The first-order chi connectivity index (χ1) is 9.15. The maximum absolute atomic E-state index is 10.7. The summed E-state index contributed by atoms with van der Waals surface area (Å²) in [5.41, 5.74) is 8.06. The van der Waals surface area contributed by atoms with E-state index in [1.807, 2.05) is 36.0 Å². The molecule has 1 aliphatic heterocycles. The standard InChI is InChI=1S/C14H19NO3S/c15-12(14(16)17)9-11-3-1-10(2-4-11)5-6-13-18-7-8-19-13/h1-4,12-13H,5-9,15H2,(H,16,17). The lowest BCUT2D eigenvalue weighted by Crippen LogP contribution is -2.32. The van der Waals surface area contributed by atoms with E-state index < -0.39 is 12.0 Å². The molecule has 1 heterocycles. The summed E-state index contributed by atoms with van der Waals surface area (Å²) in [6, 6.07) is 7.18. The number of hydrogen-bond acceptors (Lipinski definition) is 4. The zero-order chi connectivity index (χ0) is 13.7. The van der Waals surface area contributed by atoms with Crippen molar-refractivity contribution < 1.29 is 14.6 Å². The molecule has 2 unspecified atom stereocenters. The van der Waals surface area contributed by atoms with E-state index in [-0.39, 0.29) is 0 Å². The summed E-state index contributed by atoms with van der Waals surface area (Å²) in [7, 11) is 0. The molecule has 2 atom stereocenters. The van der Waals surface area contributed by atoms with Crippen LogP contribution in [0.2, 0.25) is 0 Å². The number of rotatable bonds is 6. The number of carboxylic acids is 1. The van der Waals surface area contributed by atoms with Gasteiger partial charge in [0.15, 0.2) is 0 Å². The van der Waals surface area contributed by atoms with Crippen molar-refractivity contribution in [3.8, 4) is 0 Å². The lowest BCUT2D eigenvalue weighted by molar-refractivity contribution is -0.138. The fourth-order valence-electron chi connectivity index (χ4n) is 2.04. The smallest absolute Gasteiger partial charge is 0.320 e. The Morgan fingerprint density at radius 2 is 2.11 bits per heavy atom. The number of carbonyl (C=O) groups is 1. The Labute approximate surface area is 117 Å². The van der Waals surface area contributed by atoms with Crippen molar-refractivity contribution >= 4 is 17.7 Å². The Bertz CT molecular complexity index is 415. The monoisotopic (exact) mass is 281 g/mol. The fourth-order valence-corrected chi connectivity index (χ4v) is 2.97. The number of thioether (sulfide) groups is 1. The van der Waals surface area contributed by atoms with Gasteiger partial charge < -0.3 is 15.6 Å². The Hall–Kier alpha value is -1.04. The first kappa shape index (κ1) is 14.4. The Balaban J connectivity index is 1.82. The van der Waals surface area contributed by atoms with E-state index >= 15 is 0 Å². The van der Waals surface area contributed by atoms with Crippen LogP contribution in [0.3, 0.4) is 0 Å². The van der Waals surface area contributed by atoms with Crippen LogP contribution in [0.1, 0.15) is 17.5 Å². The molecule has 1 fully saturated rings. The lowest BCUT2D eigenvalue weighted by atomic mass is 10.0. The average molecular weight is 281 g/mol. The predicted molar refractivity (Wildman–Crippen MR) is 76.3 cm³/mol. The van der Waals surface area contributed by atoms with Crippen molar-refractivity contribution in [1.29, 1.82) is 0 Å². The highest BCUT2D eigenvalue weighted by atomic mass is 32.2. The van der Waals surface area contributed by atoms with Gasteiger partial charge in [-0.15, -0.1) is 11.8 Å². The molecule has 4 nitrogen and oxygen atoms in total. The SMILES string of the molecule is NC(Cc1ccc(CCC2OCCS2)cc1)C(=O)O. The van der Waals surface area contributed by atoms with Crippen LogP contribution in [0.15, 0.2) is 24.3 Å². The molecule has 0 bridgehead atoms. The summed E-state index contributed by atoms with van der Waals surface area (Å²) in [6.07, 6.45) is 2.39. The van der Waals surface area contributed by atoms with Gasteiger partial charge in [-0.1, -0.05) is 24.3 Å². The summed E-state index contributed by atoms with van der Waals surface area (Å²) in [5.74, 6) is 0.135. The number of ether oxygens (including phenoxy) is 1. The highest BCUT2D eigenvalue weighted by Gasteiger charge is 2.15. The number of benzene rings is 1. The molecular weight excluding hydrogens is 262 g/mol. The average Bonchev–Trinajstić information content (AvgIpc) is 2.91. The van der Waals surface area contributed by atoms with Crippen molar-refractivity contribution in [1.82, 2.24) is 0 Å². The van der Waals surface area contributed by atoms with Crippen molar-refractivity contribution in [3.63, 3.8) is 0 Å². The van der Waals surface area contributed by atoms with Crippen molar-refractivity contribution in [3.05, 3.63) is 35.4 Å². The molecule has 104 valence electrons. The summed E-state index contributed by atoms with van der Waals surface area (Å²) in [6.45, 7) is 0.862. The number of aryl methyl sites for hydroxylation is 1. The second kappa shape index (κ2) is 6.93. The number of aliphatic carboxylic acids is 1. The van der Waals surface area contributed by atoms with Gasteiger partial charge >= 0.3 is 5.97 Å². The minimum Gasteiger partial charge on any atom is -0.480 e. The molecule has 1 saturated heterocycles. The van der Waals surface area contributed by atoms with Crippen LogP contribution in [-0.2, 0) is 22.4 Å². The second-order valence-electron chi connectivity index (χ2n) is 4.68. The van der Waals surface area contributed by atoms with Gasteiger partial charge in [0, 0.05) is 5.75 Å². The van der Waals surface area contributed by atoms with Crippen molar-refractivity contribution in [2.75, 3.05) is 12.4 Å². The number of nitrogens with two attached hydrogens (primary N) is 1. The molecule has 0 radical (unpaired) electrons. The van der Waals surface area contributed by atoms with Gasteiger partial charge in [0.2, 0.25) is 0 Å². The molecule has 5 heteroatoms. The molecule has 0 amide bonds. The first-order valence-corrected chi connectivity index (χ1v) is 7.49. The number of carboxylic acid groups (broad SMARTS) is 1. The van der Waals surface area contributed by atoms with Gasteiger partial charge in [-0.3, -0.25) is 4.79 Å². The van der Waals surface area contributed by atoms with Gasteiger partial charge in [-0.05, 0) is 30.4 Å². The summed E-state index contributed by atoms with van der Waals surface area (Å²) in [4.78, 5) is 10.7. The third-order valence-electron chi connectivity index (χ3n) is 3.16. The summed E-state index contributed by atoms with van der Waals surface area (Å²) in [5, 5.41) is 8.76. The van der Waals surface area contributed by atoms with Gasteiger partial charge in [-0.2, -0.15) is 0 Å². The molecule has 1 aromatic rings. The highest BCUT2D eigenvalue weighted by Crippen LogP contribution is 2.24. The molecule has 1 aromatic carbocycles. The fraction of sp³-hybridized carbons (Fsp3) is 0.500. The van der Waals surface area contributed by atoms with Gasteiger partial charge in [-0.25, -0.2) is 0 Å². The van der Waals surface area contributed by atoms with E-state index in [0.29, 0.717) is 11.9 Å². The van der Waals surface area contributed by atoms with E-state index in [0.717, 1.165) is 30.8 Å². The Kier molecular flexibility index (Phi) is 5.24. The lowest BCUT2D eigenvalue weighted by Gasteiger charge is -2.09. The first-order valence-electron chi connectivity index (χ1n) is 6.44. The van der Waals surface area contributed by atoms with Crippen LogP contribution >= 0.6 is 11.8 Å². The quantitative estimate of drug-likeness (QED) is 0.829. The molecule has 1 aliphatic rings. The van der Waals surface area contributed by atoms with Crippen molar-refractivity contribution in [2.45, 2.75) is 30.7 Å². The van der Waals surface area contributed by atoms with E-state index in [2.05, 4.69) is 0 Å². The topological polar surface area (TPSA) is 72.5 Å². The molecule has 0 spiro atoms. The summed E-state index contributed by atoms with van der Waals surface area (Å²) < 4.78 is 5.56. The third-order valence-corrected chi connectivity index (χ3v) is 4.30. The molecule has 19 heavy (non-hydrogen) atoms.